The van der Waals surface area contributed by atoms with E-state index in [1.165, 1.54) is 26.0 Å². The Labute approximate surface area is 206 Å². The van der Waals surface area contributed by atoms with E-state index in [-0.39, 0.29) is 12.2 Å². The van der Waals surface area contributed by atoms with Crippen LogP contribution in [0, 0.1) is 0 Å². The molecule has 2 aromatic carbocycles. The molecule has 0 spiro atoms. The Bertz CT molecular complexity index is 1320. The van der Waals surface area contributed by atoms with Crippen molar-refractivity contribution >= 4 is 28.7 Å². The first-order chi connectivity index (χ1) is 17.0. The summed E-state index contributed by atoms with van der Waals surface area (Å²) in [6, 6.07) is 9.23. The van der Waals surface area contributed by atoms with Gasteiger partial charge in [-0.2, -0.15) is 8.75 Å². The molecule has 0 fully saturated rings. The van der Waals surface area contributed by atoms with Gasteiger partial charge in [0.1, 0.15) is 11.0 Å². The van der Waals surface area contributed by atoms with Gasteiger partial charge >= 0.3 is 5.97 Å². The second-order valence-electron chi connectivity index (χ2n) is 7.74. The van der Waals surface area contributed by atoms with Crippen molar-refractivity contribution in [2.24, 2.45) is 0 Å². The number of carbonyl (C=O) groups is 1. The lowest BCUT2D eigenvalue weighted by Gasteiger charge is -2.14. The van der Waals surface area contributed by atoms with Crippen LogP contribution in [0.4, 0.5) is 0 Å². The molecule has 35 heavy (non-hydrogen) atoms. The third-order valence-electron chi connectivity index (χ3n) is 5.42. The minimum atomic E-state index is -1.09. The summed E-state index contributed by atoms with van der Waals surface area (Å²) >= 11 is 1.14. The van der Waals surface area contributed by atoms with Gasteiger partial charge in [0.15, 0.2) is 17.2 Å². The van der Waals surface area contributed by atoms with Crippen LogP contribution >= 0.6 is 11.7 Å². The van der Waals surface area contributed by atoms with E-state index in [4.69, 9.17) is 18.9 Å². The number of benzene rings is 2. The number of aromatic carboxylic acids is 1. The molecule has 4 rings (SSSR count). The Balaban J connectivity index is 1.77. The number of nitrogens with zero attached hydrogens (tertiary/aromatic N) is 4. The third kappa shape index (κ3) is 4.99. The predicted octanol–water partition coefficient (Wildman–Crippen LogP) is 4.04. The largest absolute Gasteiger partial charge is 0.493 e. The molecule has 1 N–H and O–H groups in total. The fourth-order valence-corrected chi connectivity index (χ4v) is 4.36. The average molecular weight is 499 g/mol. The van der Waals surface area contributed by atoms with Crippen molar-refractivity contribution in [1.82, 2.24) is 18.5 Å². The SMILES string of the molecule is CCCOc1nn(Cc2cc(OC)c(OC)c(OC)c2)c(C(=O)O)c1Cc1ccc2nsnc2c1. The van der Waals surface area contributed by atoms with Crippen molar-refractivity contribution in [2.45, 2.75) is 26.3 Å². The molecule has 11 heteroatoms. The van der Waals surface area contributed by atoms with Gasteiger partial charge in [0, 0.05) is 6.42 Å². The quantitative estimate of drug-likeness (QED) is 0.327. The molecular weight excluding hydrogens is 472 g/mol. The number of hydrogen-bond acceptors (Lipinski definition) is 9. The number of ether oxygens (including phenoxy) is 4. The lowest BCUT2D eigenvalue weighted by Crippen LogP contribution is -2.13. The number of fused-ring (bicyclic) bond motifs is 1. The van der Waals surface area contributed by atoms with E-state index < -0.39 is 5.97 Å². The Hall–Kier alpha value is -3.86. The molecule has 0 saturated carbocycles. The summed E-state index contributed by atoms with van der Waals surface area (Å²) in [6.07, 6.45) is 1.08. The first-order valence-electron chi connectivity index (χ1n) is 10.9. The van der Waals surface area contributed by atoms with Crippen LogP contribution < -0.4 is 18.9 Å². The minimum absolute atomic E-state index is 0.0568. The van der Waals surface area contributed by atoms with Crippen molar-refractivity contribution in [3.05, 3.63) is 52.7 Å². The van der Waals surface area contributed by atoms with Gasteiger partial charge in [0.05, 0.1) is 51.8 Å². The first-order valence-corrected chi connectivity index (χ1v) is 11.7. The zero-order chi connectivity index (χ0) is 24.9. The molecule has 0 atom stereocenters. The summed E-state index contributed by atoms with van der Waals surface area (Å²) in [5.41, 5.74) is 3.75. The van der Waals surface area contributed by atoms with Crippen LogP contribution in [0.2, 0.25) is 0 Å². The molecule has 2 heterocycles. The molecule has 0 saturated heterocycles. The molecule has 184 valence electrons. The molecule has 0 bridgehead atoms. The lowest BCUT2D eigenvalue weighted by molar-refractivity contribution is 0.0683. The Morgan fingerprint density at radius 3 is 2.34 bits per heavy atom. The van der Waals surface area contributed by atoms with Gasteiger partial charge in [0.25, 0.3) is 0 Å². The third-order valence-corrected chi connectivity index (χ3v) is 5.97. The van der Waals surface area contributed by atoms with Crippen LogP contribution in [0.25, 0.3) is 11.0 Å². The predicted molar refractivity (Wildman–Crippen MR) is 130 cm³/mol. The highest BCUT2D eigenvalue weighted by molar-refractivity contribution is 7.00. The van der Waals surface area contributed by atoms with Crippen LogP contribution in [0.1, 0.15) is 40.5 Å². The second-order valence-corrected chi connectivity index (χ2v) is 8.27. The fourth-order valence-electron chi connectivity index (χ4n) is 3.85. The van der Waals surface area contributed by atoms with Crippen molar-refractivity contribution in [2.75, 3.05) is 27.9 Å². The molecule has 4 aromatic rings. The van der Waals surface area contributed by atoms with E-state index >= 15 is 0 Å². The second kappa shape index (κ2) is 10.6. The highest BCUT2D eigenvalue weighted by atomic mass is 32.1. The van der Waals surface area contributed by atoms with Gasteiger partial charge in [-0.05, 0) is 41.8 Å². The maximum Gasteiger partial charge on any atom is 0.354 e. The Kier molecular flexibility index (Phi) is 7.35. The van der Waals surface area contributed by atoms with Crippen LogP contribution in [-0.4, -0.2) is 57.5 Å². The van der Waals surface area contributed by atoms with Crippen LogP contribution in [0.5, 0.6) is 23.1 Å². The summed E-state index contributed by atoms with van der Waals surface area (Å²) in [5, 5.41) is 14.7. The standard InChI is InChI=1S/C24H26N4O6S/c1-5-8-34-23-16(9-14-6-7-17-18(10-14)27-35-26-17)21(24(29)30)28(25-23)13-15-11-19(31-2)22(33-4)20(12-15)32-3/h6-7,10-12H,5,8-9,13H2,1-4H3,(H,29,30). The average Bonchev–Trinajstić information content (AvgIpc) is 3.46. The molecule has 0 radical (unpaired) electrons. The maximum atomic E-state index is 12.4. The first kappa shape index (κ1) is 24.3. The highest BCUT2D eigenvalue weighted by Gasteiger charge is 2.26. The Morgan fingerprint density at radius 2 is 1.71 bits per heavy atom. The molecule has 0 aliphatic heterocycles. The van der Waals surface area contributed by atoms with Crippen LogP contribution in [0.15, 0.2) is 30.3 Å². The van der Waals surface area contributed by atoms with Crippen molar-refractivity contribution in [3.8, 4) is 23.1 Å². The molecule has 0 aliphatic carbocycles. The zero-order valence-electron chi connectivity index (χ0n) is 19.9. The summed E-state index contributed by atoms with van der Waals surface area (Å²) in [7, 11) is 4.58. The van der Waals surface area contributed by atoms with Crippen molar-refractivity contribution < 1.29 is 28.8 Å². The Morgan fingerprint density at radius 1 is 1.00 bits per heavy atom. The molecule has 2 aromatic heterocycles. The van der Waals surface area contributed by atoms with E-state index in [1.54, 1.807) is 12.1 Å². The summed E-state index contributed by atoms with van der Waals surface area (Å²) < 4.78 is 32.1. The molecule has 0 unspecified atom stereocenters. The zero-order valence-corrected chi connectivity index (χ0v) is 20.7. The van der Waals surface area contributed by atoms with E-state index in [0.29, 0.717) is 41.7 Å². The van der Waals surface area contributed by atoms with E-state index in [0.717, 1.165) is 40.3 Å². The molecule has 0 amide bonds. The highest BCUT2D eigenvalue weighted by Crippen LogP contribution is 2.38. The van der Waals surface area contributed by atoms with Crippen molar-refractivity contribution in [3.63, 3.8) is 0 Å². The van der Waals surface area contributed by atoms with Gasteiger partial charge in [-0.1, -0.05) is 13.0 Å². The minimum Gasteiger partial charge on any atom is -0.493 e. The summed E-state index contributed by atoms with van der Waals surface area (Å²) in [6.45, 7) is 2.56. The topological polar surface area (TPSA) is 118 Å². The number of rotatable bonds is 11. The number of carboxylic acids is 1. The van der Waals surface area contributed by atoms with Crippen LogP contribution in [-0.2, 0) is 13.0 Å². The number of carboxylic acid groups (broad SMARTS) is 1. The summed E-state index contributed by atoms with van der Waals surface area (Å²) in [4.78, 5) is 12.4. The van der Waals surface area contributed by atoms with Gasteiger partial charge in [-0.25, -0.2) is 9.48 Å². The van der Waals surface area contributed by atoms with E-state index in [1.807, 2.05) is 25.1 Å². The molecular formula is C24H26N4O6S. The maximum absolute atomic E-state index is 12.4. The van der Waals surface area contributed by atoms with Gasteiger partial charge in [-0.3, -0.25) is 0 Å². The van der Waals surface area contributed by atoms with E-state index in [2.05, 4.69) is 13.8 Å². The fraction of sp³-hybridized carbons (Fsp3) is 0.333. The van der Waals surface area contributed by atoms with Crippen molar-refractivity contribution in [1.29, 1.82) is 0 Å². The number of hydrogen-bond donors (Lipinski definition) is 1. The smallest absolute Gasteiger partial charge is 0.354 e. The van der Waals surface area contributed by atoms with Gasteiger partial charge in [-0.15, -0.1) is 5.10 Å². The van der Waals surface area contributed by atoms with E-state index in [9.17, 15) is 9.90 Å². The monoisotopic (exact) mass is 498 g/mol. The number of methoxy groups -OCH3 is 3. The molecule has 0 aliphatic rings. The van der Waals surface area contributed by atoms with Gasteiger partial charge in [0.2, 0.25) is 11.6 Å². The van der Waals surface area contributed by atoms with Crippen LogP contribution in [0.3, 0.4) is 0 Å². The van der Waals surface area contributed by atoms with Gasteiger partial charge < -0.3 is 24.1 Å². The molecule has 10 nitrogen and oxygen atoms in total. The lowest BCUT2D eigenvalue weighted by atomic mass is 10.0. The normalized spacial score (nSPS) is 11.0. The number of aromatic nitrogens is 4. The summed E-state index contributed by atoms with van der Waals surface area (Å²) in [5.74, 6) is 0.602.